The van der Waals surface area contributed by atoms with Crippen LogP contribution >= 0.6 is 0 Å². The highest BCUT2D eigenvalue weighted by molar-refractivity contribution is 5.57. The Balaban J connectivity index is 1.82. The van der Waals surface area contributed by atoms with Gasteiger partial charge in [0.15, 0.2) is 0 Å². The molecule has 1 aromatic rings. The molecule has 19 heavy (non-hydrogen) atoms. The van der Waals surface area contributed by atoms with Crippen molar-refractivity contribution in [1.82, 2.24) is 4.57 Å². The van der Waals surface area contributed by atoms with Crippen molar-refractivity contribution < 1.29 is 0 Å². The topological polar surface area (TPSA) is 54.7 Å². The van der Waals surface area contributed by atoms with Gasteiger partial charge in [-0.15, -0.1) is 0 Å². The van der Waals surface area contributed by atoms with Crippen LogP contribution in [0.4, 0.5) is 5.69 Å². The van der Waals surface area contributed by atoms with Gasteiger partial charge >= 0.3 is 0 Å². The molecule has 1 aromatic heterocycles. The van der Waals surface area contributed by atoms with E-state index < -0.39 is 0 Å². The van der Waals surface area contributed by atoms with Crippen LogP contribution < -0.4 is 5.73 Å². The minimum Gasteiger partial charge on any atom is -0.396 e. The third kappa shape index (κ3) is 1.43. The van der Waals surface area contributed by atoms with Crippen molar-refractivity contribution >= 4 is 5.69 Å². The standard InChI is InChI=1S/C16H21N3/c1-10-14(8-17)15(18)9-19(10)16-5-11-2-12(6-16)4-13(3-11)7-16/h9,11-13H,2-7,18H2,1H3. The van der Waals surface area contributed by atoms with Crippen molar-refractivity contribution in [2.75, 3.05) is 5.73 Å². The smallest absolute Gasteiger partial charge is 0.103 e. The molecule has 3 nitrogen and oxygen atoms in total. The van der Waals surface area contributed by atoms with Gasteiger partial charge in [-0.2, -0.15) is 5.26 Å². The SMILES string of the molecule is Cc1c(C#N)c(N)cn1C12CC3CC(CC(C3)C1)C2. The van der Waals surface area contributed by atoms with E-state index in [9.17, 15) is 5.26 Å². The predicted octanol–water partition coefficient (Wildman–Crippen LogP) is 3.18. The molecule has 4 fully saturated rings. The lowest BCUT2D eigenvalue weighted by Gasteiger charge is -2.57. The maximum atomic E-state index is 9.25. The molecule has 4 bridgehead atoms. The van der Waals surface area contributed by atoms with Gasteiger partial charge in [-0.1, -0.05) is 0 Å². The normalized spacial score (nSPS) is 39.5. The zero-order chi connectivity index (χ0) is 13.2. The van der Waals surface area contributed by atoms with Crippen molar-refractivity contribution in [3.8, 4) is 6.07 Å². The van der Waals surface area contributed by atoms with Crippen LogP contribution in [0, 0.1) is 36.0 Å². The summed E-state index contributed by atoms with van der Waals surface area (Å²) in [7, 11) is 0. The summed E-state index contributed by atoms with van der Waals surface area (Å²) in [6.45, 7) is 2.06. The molecule has 0 atom stereocenters. The van der Waals surface area contributed by atoms with Gasteiger partial charge in [0.2, 0.25) is 0 Å². The van der Waals surface area contributed by atoms with Gasteiger partial charge in [0.05, 0.1) is 11.3 Å². The number of aromatic nitrogens is 1. The van der Waals surface area contributed by atoms with Crippen molar-refractivity contribution in [2.24, 2.45) is 17.8 Å². The van der Waals surface area contributed by atoms with Gasteiger partial charge in [-0.25, -0.2) is 0 Å². The predicted molar refractivity (Wildman–Crippen MR) is 74.4 cm³/mol. The minimum absolute atomic E-state index is 0.280. The largest absolute Gasteiger partial charge is 0.396 e. The van der Waals surface area contributed by atoms with Gasteiger partial charge < -0.3 is 10.3 Å². The second-order valence-corrected chi connectivity index (χ2v) is 7.17. The molecule has 5 rings (SSSR count). The van der Waals surface area contributed by atoms with Gasteiger partial charge in [-0.05, 0) is 63.2 Å². The average Bonchev–Trinajstić information content (AvgIpc) is 2.63. The van der Waals surface area contributed by atoms with Crippen LogP contribution in [0.15, 0.2) is 6.20 Å². The van der Waals surface area contributed by atoms with Crippen molar-refractivity contribution in [2.45, 2.75) is 51.0 Å². The van der Waals surface area contributed by atoms with Crippen LogP contribution in [0.5, 0.6) is 0 Å². The number of nitriles is 1. The Labute approximate surface area is 114 Å². The van der Waals surface area contributed by atoms with Crippen LogP contribution in [-0.2, 0) is 5.54 Å². The first-order chi connectivity index (χ1) is 9.11. The first-order valence-electron chi connectivity index (χ1n) is 7.49. The Morgan fingerprint density at radius 3 is 2.16 bits per heavy atom. The highest BCUT2D eigenvalue weighted by atomic mass is 15.1. The van der Waals surface area contributed by atoms with E-state index in [4.69, 9.17) is 5.73 Å². The van der Waals surface area contributed by atoms with Crippen LogP contribution in [0.1, 0.15) is 49.8 Å². The highest BCUT2D eigenvalue weighted by Gasteiger charge is 2.52. The molecule has 4 aliphatic rings. The van der Waals surface area contributed by atoms with Gasteiger partial charge in [-0.3, -0.25) is 0 Å². The third-order valence-corrected chi connectivity index (χ3v) is 5.91. The summed E-state index contributed by atoms with van der Waals surface area (Å²) in [6, 6.07) is 2.27. The summed E-state index contributed by atoms with van der Waals surface area (Å²) in [5.74, 6) is 2.75. The van der Waals surface area contributed by atoms with Gasteiger partial charge in [0.1, 0.15) is 6.07 Å². The molecular weight excluding hydrogens is 234 g/mol. The van der Waals surface area contributed by atoms with Gasteiger partial charge in [0.25, 0.3) is 0 Å². The summed E-state index contributed by atoms with van der Waals surface area (Å²) in [6.07, 6.45) is 10.3. The highest BCUT2D eigenvalue weighted by Crippen LogP contribution is 2.59. The Kier molecular flexibility index (Phi) is 2.14. The third-order valence-electron chi connectivity index (χ3n) is 5.91. The molecule has 4 aliphatic carbocycles. The van der Waals surface area contributed by atoms with E-state index in [-0.39, 0.29) is 5.54 Å². The molecule has 0 saturated heterocycles. The van der Waals surface area contributed by atoms with Crippen LogP contribution in [0.25, 0.3) is 0 Å². The molecule has 2 N–H and O–H groups in total. The quantitative estimate of drug-likeness (QED) is 0.838. The van der Waals surface area contributed by atoms with Crippen LogP contribution in [-0.4, -0.2) is 4.57 Å². The summed E-state index contributed by atoms with van der Waals surface area (Å²) >= 11 is 0. The number of anilines is 1. The first-order valence-corrected chi connectivity index (χ1v) is 7.49. The Morgan fingerprint density at radius 1 is 1.21 bits per heavy atom. The molecule has 0 aromatic carbocycles. The molecule has 0 amide bonds. The fourth-order valence-electron chi connectivity index (χ4n) is 5.63. The van der Waals surface area contributed by atoms with E-state index in [1.165, 1.54) is 38.5 Å². The molecule has 3 heteroatoms. The second-order valence-electron chi connectivity index (χ2n) is 7.17. The number of hydrogen-bond acceptors (Lipinski definition) is 2. The first kappa shape index (κ1) is 11.4. The van der Waals surface area contributed by atoms with Crippen LogP contribution in [0.2, 0.25) is 0 Å². The van der Waals surface area contributed by atoms with E-state index in [1.54, 1.807) is 0 Å². The number of nitrogens with zero attached hydrogens (tertiary/aromatic N) is 2. The Morgan fingerprint density at radius 2 is 1.74 bits per heavy atom. The lowest BCUT2D eigenvalue weighted by molar-refractivity contribution is -0.0437. The van der Waals surface area contributed by atoms with Crippen molar-refractivity contribution in [3.05, 3.63) is 17.5 Å². The molecule has 100 valence electrons. The van der Waals surface area contributed by atoms with E-state index >= 15 is 0 Å². The minimum atomic E-state index is 0.280. The molecule has 0 unspecified atom stereocenters. The van der Waals surface area contributed by atoms with E-state index in [1.807, 2.05) is 6.20 Å². The maximum absolute atomic E-state index is 9.25. The Hall–Kier alpha value is -1.43. The monoisotopic (exact) mass is 255 g/mol. The maximum Gasteiger partial charge on any atom is 0.103 e. The Bertz CT molecular complexity index is 540. The molecule has 0 aliphatic heterocycles. The second kappa shape index (κ2) is 3.56. The van der Waals surface area contributed by atoms with Gasteiger partial charge in [0, 0.05) is 17.4 Å². The van der Waals surface area contributed by atoms with E-state index in [2.05, 4.69) is 17.6 Å². The van der Waals surface area contributed by atoms with Crippen molar-refractivity contribution in [3.63, 3.8) is 0 Å². The average molecular weight is 255 g/mol. The molecule has 0 radical (unpaired) electrons. The lowest BCUT2D eigenvalue weighted by Crippen LogP contribution is -2.51. The summed E-state index contributed by atoms with van der Waals surface area (Å²) in [5.41, 5.74) is 8.75. The number of rotatable bonds is 1. The molecular formula is C16H21N3. The molecule has 1 heterocycles. The van der Waals surface area contributed by atoms with E-state index in [0.29, 0.717) is 11.3 Å². The van der Waals surface area contributed by atoms with Crippen LogP contribution in [0.3, 0.4) is 0 Å². The summed E-state index contributed by atoms with van der Waals surface area (Å²) in [5, 5.41) is 9.25. The fourth-order valence-corrected chi connectivity index (χ4v) is 5.63. The lowest BCUT2D eigenvalue weighted by atomic mass is 9.53. The zero-order valence-corrected chi connectivity index (χ0v) is 11.5. The summed E-state index contributed by atoms with van der Waals surface area (Å²) < 4.78 is 2.38. The number of nitrogens with two attached hydrogens (primary N) is 1. The number of nitrogen functional groups attached to an aromatic ring is 1. The zero-order valence-electron chi connectivity index (χ0n) is 11.5. The molecule has 4 saturated carbocycles. The molecule has 0 spiro atoms. The van der Waals surface area contributed by atoms with Crippen molar-refractivity contribution in [1.29, 1.82) is 5.26 Å². The van der Waals surface area contributed by atoms with E-state index in [0.717, 1.165) is 23.4 Å². The summed E-state index contributed by atoms with van der Waals surface area (Å²) in [4.78, 5) is 0. The number of hydrogen-bond donors (Lipinski definition) is 1. The fraction of sp³-hybridized carbons (Fsp3) is 0.688.